The van der Waals surface area contributed by atoms with Crippen molar-refractivity contribution in [2.45, 2.75) is 18.4 Å². The summed E-state index contributed by atoms with van der Waals surface area (Å²) >= 11 is 0. The minimum absolute atomic E-state index is 0.158. The van der Waals surface area contributed by atoms with Gasteiger partial charge in [0.15, 0.2) is 0 Å². The Bertz CT molecular complexity index is 321. The molecule has 96 valence electrons. The van der Waals surface area contributed by atoms with E-state index in [1.807, 2.05) is 0 Å². The lowest BCUT2D eigenvalue weighted by molar-refractivity contribution is -0.125. The van der Waals surface area contributed by atoms with Crippen molar-refractivity contribution in [3.63, 3.8) is 0 Å². The second-order valence-electron chi connectivity index (χ2n) is 5.14. The first-order chi connectivity index (χ1) is 8.02. The van der Waals surface area contributed by atoms with E-state index in [0.29, 0.717) is 12.8 Å². The fraction of sp³-hybridized carbons (Fsp3) is 0.818. The van der Waals surface area contributed by atoms with Gasteiger partial charge in [0, 0.05) is 26.2 Å². The molecular formula is C11H20N4O2. The SMILES string of the molecule is CN(C)CCN1CCC2(CC1)NC(=O)NC2=O. The van der Waals surface area contributed by atoms with E-state index in [1.165, 1.54) is 0 Å². The standard InChI is InChI=1S/C11H20N4O2/c1-14(2)7-8-15-5-3-11(4-6-15)9(16)12-10(17)13-11/h3-8H2,1-2H3,(H2,12,13,16,17). The van der Waals surface area contributed by atoms with E-state index < -0.39 is 5.54 Å². The Balaban J connectivity index is 1.85. The maximum Gasteiger partial charge on any atom is 0.322 e. The summed E-state index contributed by atoms with van der Waals surface area (Å²) < 4.78 is 0. The predicted molar refractivity (Wildman–Crippen MR) is 63.6 cm³/mol. The number of carbonyl (C=O) groups excluding carboxylic acids is 2. The third kappa shape index (κ3) is 2.58. The Morgan fingerprint density at radius 3 is 2.41 bits per heavy atom. The van der Waals surface area contributed by atoms with Crippen molar-refractivity contribution < 1.29 is 9.59 Å². The van der Waals surface area contributed by atoms with Gasteiger partial charge in [-0.1, -0.05) is 0 Å². The first-order valence-electron chi connectivity index (χ1n) is 6.02. The van der Waals surface area contributed by atoms with Gasteiger partial charge in [0.25, 0.3) is 5.91 Å². The van der Waals surface area contributed by atoms with E-state index in [2.05, 4.69) is 34.5 Å². The molecule has 3 amide bonds. The highest BCUT2D eigenvalue weighted by Crippen LogP contribution is 2.25. The van der Waals surface area contributed by atoms with Gasteiger partial charge in [-0.25, -0.2) is 4.79 Å². The smallest absolute Gasteiger partial charge is 0.322 e. The maximum absolute atomic E-state index is 11.7. The second-order valence-corrected chi connectivity index (χ2v) is 5.14. The summed E-state index contributed by atoms with van der Waals surface area (Å²) in [6.07, 6.45) is 1.41. The molecule has 17 heavy (non-hydrogen) atoms. The van der Waals surface area contributed by atoms with Crippen molar-refractivity contribution in [3.05, 3.63) is 0 Å². The number of rotatable bonds is 3. The third-order valence-electron chi connectivity index (χ3n) is 3.59. The average molecular weight is 240 g/mol. The summed E-state index contributed by atoms with van der Waals surface area (Å²) in [5.74, 6) is -0.158. The molecule has 1 spiro atoms. The quantitative estimate of drug-likeness (QED) is 0.635. The fourth-order valence-electron chi connectivity index (χ4n) is 2.38. The van der Waals surface area contributed by atoms with Gasteiger partial charge < -0.3 is 15.1 Å². The number of hydrogen-bond acceptors (Lipinski definition) is 4. The van der Waals surface area contributed by atoms with Crippen molar-refractivity contribution in [1.29, 1.82) is 0 Å². The van der Waals surface area contributed by atoms with Crippen LogP contribution in [0.4, 0.5) is 4.79 Å². The number of amides is 3. The highest BCUT2D eigenvalue weighted by molar-refractivity contribution is 6.07. The highest BCUT2D eigenvalue weighted by atomic mass is 16.2. The molecule has 0 radical (unpaired) electrons. The predicted octanol–water partition coefficient (Wildman–Crippen LogP) is -0.778. The van der Waals surface area contributed by atoms with Crippen LogP contribution >= 0.6 is 0 Å². The van der Waals surface area contributed by atoms with E-state index in [9.17, 15) is 9.59 Å². The number of likely N-dealkylation sites (tertiary alicyclic amines) is 1. The van der Waals surface area contributed by atoms with Gasteiger partial charge >= 0.3 is 6.03 Å². The molecule has 0 aromatic carbocycles. The van der Waals surface area contributed by atoms with E-state index in [-0.39, 0.29) is 11.9 Å². The summed E-state index contributed by atoms with van der Waals surface area (Å²) in [5.41, 5.74) is -0.633. The number of imide groups is 1. The van der Waals surface area contributed by atoms with Crippen molar-refractivity contribution in [2.24, 2.45) is 0 Å². The Morgan fingerprint density at radius 2 is 1.94 bits per heavy atom. The maximum atomic E-state index is 11.7. The summed E-state index contributed by atoms with van der Waals surface area (Å²) in [4.78, 5) is 27.4. The van der Waals surface area contributed by atoms with Crippen LogP contribution in [0.5, 0.6) is 0 Å². The van der Waals surface area contributed by atoms with Gasteiger partial charge in [-0.3, -0.25) is 10.1 Å². The van der Waals surface area contributed by atoms with Gasteiger partial charge in [-0.2, -0.15) is 0 Å². The largest absolute Gasteiger partial charge is 0.323 e. The number of nitrogens with one attached hydrogen (secondary N) is 2. The molecule has 0 bridgehead atoms. The Kier molecular flexibility index (Phi) is 3.35. The van der Waals surface area contributed by atoms with Crippen LogP contribution in [0.3, 0.4) is 0 Å². The molecule has 0 aromatic rings. The minimum Gasteiger partial charge on any atom is -0.323 e. The van der Waals surface area contributed by atoms with Gasteiger partial charge in [0.2, 0.25) is 0 Å². The normalized spacial score (nSPS) is 24.2. The molecule has 2 aliphatic heterocycles. The third-order valence-corrected chi connectivity index (χ3v) is 3.59. The van der Waals surface area contributed by atoms with Crippen LogP contribution < -0.4 is 10.6 Å². The number of piperidine rings is 1. The number of nitrogens with zero attached hydrogens (tertiary/aromatic N) is 2. The zero-order valence-corrected chi connectivity index (χ0v) is 10.5. The lowest BCUT2D eigenvalue weighted by Gasteiger charge is -2.37. The molecule has 6 heteroatoms. The van der Waals surface area contributed by atoms with E-state index in [4.69, 9.17) is 0 Å². The summed E-state index contributed by atoms with van der Waals surface area (Å²) in [5, 5.41) is 5.09. The van der Waals surface area contributed by atoms with Crippen LogP contribution in [0.15, 0.2) is 0 Å². The molecule has 2 fully saturated rings. The molecule has 6 nitrogen and oxygen atoms in total. The molecule has 0 atom stereocenters. The van der Waals surface area contributed by atoms with Crippen molar-refractivity contribution >= 4 is 11.9 Å². The number of carbonyl (C=O) groups is 2. The molecule has 2 saturated heterocycles. The van der Waals surface area contributed by atoms with Crippen LogP contribution in [0.2, 0.25) is 0 Å². The molecule has 2 rings (SSSR count). The first kappa shape index (κ1) is 12.3. The molecule has 0 saturated carbocycles. The number of urea groups is 1. The van der Waals surface area contributed by atoms with E-state index >= 15 is 0 Å². The van der Waals surface area contributed by atoms with Gasteiger partial charge in [0.1, 0.15) is 5.54 Å². The Morgan fingerprint density at radius 1 is 1.29 bits per heavy atom. The fourth-order valence-corrected chi connectivity index (χ4v) is 2.38. The molecule has 0 aliphatic carbocycles. The van der Waals surface area contributed by atoms with Crippen LogP contribution in [-0.2, 0) is 4.79 Å². The van der Waals surface area contributed by atoms with Crippen molar-refractivity contribution in [3.8, 4) is 0 Å². The first-order valence-corrected chi connectivity index (χ1v) is 6.02. The van der Waals surface area contributed by atoms with Crippen molar-refractivity contribution in [1.82, 2.24) is 20.4 Å². The lowest BCUT2D eigenvalue weighted by Crippen LogP contribution is -2.55. The van der Waals surface area contributed by atoms with Gasteiger partial charge in [0.05, 0.1) is 0 Å². The van der Waals surface area contributed by atoms with Crippen LogP contribution in [0, 0.1) is 0 Å². The van der Waals surface area contributed by atoms with Crippen molar-refractivity contribution in [2.75, 3.05) is 40.3 Å². The van der Waals surface area contributed by atoms with Crippen LogP contribution in [-0.4, -0.2) is 67.6 Å². The summed E-state index contributed by atoms with van der Waals surface area (Å²) in [6, 6.07) is -0.350. The zero-order valence-electron chi connectivity index (χ0n) is 10.5. The second kappa shape index (κ2) is 4.62. The van der Waals surface area contributed by atoms with Crippen LogP contribution in [0.25, 0.3) is 0 Å². The van der Waals surface area contributed by atoms with Gasteiger partial charge in [-0.05, 0) is 26.9 Å². The number of hydrogen-bond donors (Lipinski definition) is 2. The Labute approximate surface area is 101 Å². The molecule has 0 aromatic heterocycles. The average Bonchev–Trinajstić information content (AvgIpc) is 2.53. The molecule has 2 N–H and O–H groups in total. The number of likely N-dealkylation sites (N-methyl/N-ethyl adjacent to an activating group) is 1. The monoisotopic (exact) mass is 240 g/mol. The zero-order chi connectivity index (χ0) is 12.5. The lowest BCUT2D eigenvalue weighted by atomic mass is 9.88. The minimum atomic E-state index is -0.633. The molecule has 0 unspecified atom stereocenters. The summed E-state index contributed by atoms with van der Waals surface area (Å²) in [7, 11) is 4.10. The Hall–Kier alpha value is -1.14. The molecule has 2 aliphatic rings. The van der Waals surface area contributed by atoms with Crippen LogP contribution in [0.1, 0.15) is 12.8 Å². The molecular weight excluding hydrogens is 220 g/mol. The van der Waals surface area contributed by atoms with E-state index in [1.54, 1.807) is 0 Å². The van der Waals surface area contributed by atoms with Gasteiger partial charge in [-0.15, -0.1) is 0 Å². The molecule has 2 heterocycles. The van der Waals surface area contributed by atoms with E-state index in [0.717, 1.165) is 26.2 Å². The summed E-state index contributed by atoms with van der Waals surface area (Å²) in [6.45, 7) is 3.76. The highest BCUT2D eigenvalue weighted by Gasteiger charge is 2.47. The topological polar surface area (TPSA) is 64.7 Å².